The Morgan fingerprint density at radius 3 is 2.67 bits per heavy atom. The molecule has 2 nitrogen and oxygen atoms in total. The number of amidine groups is 1. The van der Waals surface area contributed by atoms with Crippen molar-refractivity contribution in [3.05, 3.63) is 0 Å². The van der Waals surface area contributed by atoms with E-state index in [0.717, 1.165) is 0 Å². The molecule has 0 spiro atoms. The molecule has 0 aliphatic heterocycles. The third kappa shape index (κ3) is 5.27. The fourth-order valence-corrected chi connectivity index (χ4v) is 0.382. The summed E-state index contributed by atoms with van der Waals surface area (Å²) in [6.07, 6.45) is 0. The topological polar surface area (TPSA) is 35.9 Å². The van der Waals surface area contributed by atoms with Crippen molar-refractivity contribution in [3.63, 3.8) is 0 Å². The van der Waals surface area contributed by atoms with Crippen LogP contribution in [0.25, 0.3) is 0 Å². The van der Waals surface area contributed by atoms with Crippen LogP contribution in [-0.2, 0) is 0 Å². The van der Waals surface area contributed by atoms with Gasteiger partial charge in [0.2, 0.25) is 0 Å². The summed E-state index contributed by atoms with van der Waals surface area (Å²) in [6.45, 7) is 3.69. The van der Waals surface area contributed by atoms with E-state index in [0.29, 0.717) is 12.4 Å². The van der Waals surface area contributed by atoms with Gasteiger partial charge in [0.25, 0.3) is 0 Å². The Bertz CT molecular complexity index is 93.1. The Morgan fingerprint density at radius 2 is 2.33 bits per heavy atom. The van der Waals surface area contributed by atoms with Crippen LogP contribution in [0.15, 0.2) is 0 Å². The first-order chi connectivity index (χ1) is 4.16. The minimum atomic E-state index is -0.319. The highest BCUT2D eigenvalue weighted by molar-refractivity contribution is 5.75. The molecule has 0 aliphatic carbocycles. The van der Waals surface area contributed by atoms with Gasteiger partial charge in [-0.3, -0.25) is 9.80 Å². The van der Waals surface area contributed by atoms with Gasteiger partial charge in [0, 0.05) is 12.5 Å². The molecule has 54 valence electrons. The van der Waals surface area contributed by atoms with Crippen molar-refractivity contribution in [2.75, 3.05) is 13.2 Å². The average Bonchev–Trinajstić information content (AvgIpc) is 1.83. The maximum atomic E-state index is 11.7. The lowest BCUT2D eigenvalue weighted by Crippen LogP contribution is -2.25. The number of rotatable bonds is 3. The summed E-state index contributed by atoms with van der Waals surface area (Å²) < 4.78 is 11.7. The lowest BCUT2D eigenvalue weighted by Gasteiger charge is -2.06. The molecule has 0 fully saturated rings. The van der Waals surface area contributed by atoms with Gasteiger partial charge in [0.15, 0.2) is 0 Å². The number of hydrogen-bond acceptors (Lipinski definition) is 1. The van der Waals surface area contributed by atoms with E-state index in [1.807, 2.05) is 0 Å². The maximum Gasteiger partial charge on any atom is 0.0936 e. The monoisotopic (exact) mass is 132 g/mol. The smallest absolute Gasteiger partial charge is 0.0936 e. The van der Waals surface area contributed by atoms with E-state index in [-0.39, 0.29) is 12.6 Å². The van der Waals surface area contributed by atoms with Gasteiger partial charge in [-0.05, 0) is 6.92 Å². The Kier molecular flexibility index (Phi) is 4.01. The van der Waals surface area contributed by atoms with Gasteiger partial charge in [0.1, 0.15) is 0 Å². The lowest BCUT2D eigenvalue weighted by molar-refractivity contribution is 0.381. The number of halogens is 1. The van der Waals surface area contributed by atoms with Crippen molar-refractivity contribution < 1.29 is 4.39 Å². The van der Waals surface area contributed by atoms with Gasteiger partial charge in [-0.1, -0.05) is 6.92 Å². The third-order valence-electron chi connectivity index (χ3n) is 0.979. The predicted octanol–water partition coefficient (Wildman–Crippen LogP) is 1.18. The molecule has 0 aromatic heterocycles. The molecule has 1 atom stereocenters. The summed E-state index contributed by atoms with van der Waals surface area (Å²) in [6, 6.07) is 0. The van der Waals surface area contributed by atoms with Crippen LogP contribution in [0.4, 0.5) is 4.39 Å². The van der Waals surface area contributed by atoms with Crippen LogP contribution >= 0.6 is 0 Å². The first-order valence-corrected chi connectivity index (χ1v) is 3.01. The molecule has 1 unspecified atom stereocenters. The minimum Gasteiger partial charge on any atom is -0.374 e. The standard InChI is InChI=1S/C6H13FN2/c1-5(3-7)4-9-6(2)8/h5H,3-4H2,1-2H3,(H2,8,9). The molecule has 0 amide bonds. The zero-order valence-electron chi connectivity index (χ0n) is 5.87. The zero-order chi connectivity index (χ0) is 7.28. The molecular weight excluding hydrogens is 119 g/mol. The molecule has 3 heteroatoms. The Balaban J connectivity index is 3.16. The number of nitrogens with one attached hydrogen (secondary N) is 2. The Hall–Kier alpha value is -0.600. The molecule has 0 saturated heterocycles. The second-order valence-electron chi connectivity index (χ2n) is 2.27. The molecule has 0 heterocycles. The van der Waals surface area contributed by atoms with Crippen LogP contribution in [-0.4, -0.2) is 19.1 Å². The fourth-order valence-electron chi connectivity index (χ4n) is 0.382. The minimum absolute atomic E-state index is 0.0188. The summed E-state index contributed by atoms with van der Waals surface area (Å²) >= 11 is 0. The van der Waals surface area contributed by atoms with Gasteiger partial charge >= 0.3 is 0 Å². The van der Waals surface area contributed by atoms with Gasteiger partial charge in [0.05, 0.1) is 12.5 Å². The van der Waals surface area contributed by atoms with Crippen LogP contribution in [0.3, 0.4) is 0 Å². The SMILES string of the molecule is CC(=N)NCC(C)CF. The van der Waals surface area contributed by atoms with Crippen molar-refractivity contribution in [1.82, 2.24) is 5.32 Å². The summed E-state index contributed by atoms with van der Waals surface area (Å²) in [5, 5.41) is 9.67. The molecule has 9 heavy (non-hydrogen) atoms. The van der Waals surface area contributed by atoms with Crippen LogP contribution in [0.1, 0.15) is 13.8 Å². The van der Waals surface area contributed by atoms with Gasteiger partial charge in [-0.2, -0.15) is 0 Å². The summed E-state index contributed by atoms with van der Waals surface area (Å²) in [4.78, 5) is 0. The zero-order valence-corrected chi connectivity index (χ0v) is 5.87. The molecule has 0 radical (unpaired) electrons. The highest BCUT2D eigenvalue weighted by Gasteiger charge is 1.98. The Labute approximate surface area is 55.0 Å². The van der Waals surface area contributed by atoms with E-state index >= 15 is 0 Å². The van der Waals surface area contributed by atoms with E-state index in [4.69, 9.17) is 5.41 Å². The van der Waals surface area contributed by atoms with E-state index in [2.05, 4.69) is 5.32 Å². The third-order valence-corrected chi connectivity index (χ3v) is 0.979. The second-order valence-corrected chi connectivity index (χ2v) is 2.27. The summed E-state index contributed by atoms with van der Waals surface area (Å²) in [5.74, 6) is 0.417. The van der Waals surface area contributed by atoms with Crippen molar-refractivity contribution in [2.24, 2.45) is 5.92 Å². The van der Waals surface area contributed by atoms with Gasteiger partial charge in [-0.25, -0.2) is 0 Å². The van der Waals surface area contributed by atoms with Crippen LogP contribution in [0.5, 0.6) is 0 Å². The van der Waals surface area contributed by atoms with Crippen LogP contribution in [0, 0.1) is 11.3 Å². The van der Waals surface area contributed by atoms with Gasteiger partial charge < -0.3 is 5.32 Å². The molecule has 0 aromatic carbocycles. The normalized spacial score (nSPS) is 12.8. The van der Waals surface area contributed by atoms with Crippen molar-refractivity contribution in [3.8, 4) is 0 Å². The predicted molar refractivity (Wildman–Crippen MR) is 36.5 cm³/mol. The van der Waals surface area contributed by atoms with Gasteiger partial charge in [-0.15, -0.1) is 0 Å². The van der Waals surface area contributed by atoms with E-state index in [9.17, 15) is 4.39 Å². The number of hydrogen-bond donors (Lipinski definition) is 2. The first kappa shape index (κ1) is 8.40. The van der Waals surface area contributed by atoms with E-state index in [1.54, 1.807) is 13.8 Å². The second kappa shape index (κ2) is 4.30. The van der Waals surface area contributed by atoms with Crippen molar-refractivity contribution in [2.45, 2.75) is 13.8 Å². The summed E-state index contributed by atoms with van der Waals surface area (Å²) in [5.41, 5.74) is 0. The first-order valence-electron chi connectivity index (χ1n) is 3.01. The fraction of sp³-hybridized carbons (Fsp3) is 0.833. The maximum absolute atomic E-state index is 11.7. The average molecular weight is 132 g/mol. The number of alkyl halides is 1. The van der Waals surface area contributed by atoms with Crippen molar-refractivity contribution >= 4 is 5.84 Å². The molecule has 0 saturated carbocycles. The van der Waals surface area contributed by atoms with Crippen LogP contribution < -0.4 is 5.32 Å². The van der Waals surface area contributed by atoms with Crippen molar-refractivity contribution in [1.29, 1.82) is 5.41 Å². The molecule has 0 aromatic rings. The lowest BCUT2D eigenvalue weighted by atomic mass is 10.2. The Morgan fingerprint density at radius 1 is 1.78 bits per heavy atom. The molecular formula is C6H13FN2. The highest BCUT2D eigenvalue weighted by atomic mass is 19.1. The molecule has 0 bridgehead atoms. The van der Waals surface area contributed by atoms with E-state index in [1.165, 1.54) is 0 Å². The quantitative estimate of drug-likeness (QED) is 0.439. The molecule has 0 rings (SSSR count). The molecule has 0 aliphatic rings. The van der Waals surface area contributed by atoms with Crippen LogP contribution in [0.2, 0.25) is 0 Å². The highest BCUT2D eigenvalue weighted by Crippen LogP contribution is 1.91. The summed E-state index contributed by atoms with van der Waals surface area (Å²) in [7, 11) is 0. The molecule has 2 N–H and O–H groups in total. The largest absolute Gasteiger partial charge is 0.374 e. The van der Waals surface area contributed by atoms with E-state index < -0.39 is 0 Å².